The van der Waals surface area contributed by atoms with Crippen LogP contribution in [0.2, 0.25) is 10.0 Å². The summed E-state index contributed by atoms with van der Waals surface area (Å²) in [5.74, 6) is 0.698. The molecule has 0 bridgehead atoms. The number of hydrogen-bond acceptors (Lipinski definition) is 4. The predicted octanol–water partition coefficient (Wildman–Crippen LogP) is 5.16. The maximum Gasteiger partial charge on any atom is 0.258 e. The molecule has 0 aliphatic carbocycles. The molecule has 28 heavy (non-hydrogen) atoms. The van der Waals surface area contributed by atoms with Crippen LogP contribution < -0.4 is 10.1 Å². The van der Waals surface area contributed by atoms with E-state index < -0.39 is 6.17 Å². The van der Waals surface area contributed by atoms with Gasteiger partial charge < -0.3 is 15.0 Å². The van der Waals surface area contributed by atoms with E-state index in [1.54, 1.807) is 42.5 Å². The third kappa shape index (κ3) is 3.51. The molecule has 1 aliphatic rings. The summed E-state index contributed by atoms with van der Waals surface area (Å²) in [6.07, 6.45) is 1.27. The van der Waals surface area contributed by atoms with Crippen LogP contribution in [0, 0.1) is 0 Å². The van der Waals surface area contributed by atoms with Crippen molar-refractivity contribution in [3.63, 3.8) is 0 Å². The van der Waals surface area contributed by atoms with E-state index in [0.717, 1.165) is 17.0 Å². The standard InChI is InChI=1S/C21H17Cl2N3O2/c1-28-15-7-4-13(5-8-15)12-26-20(19-16(21(26)27)3-2-10-24-19)25-14-6-9-17(22)18(23)11-14/h2-11,20,25H,12H2,1H3/t20-/m1/s1. The highest BCUT2D eigenvalue weighted by Crippen LogP contribution is 2.35. The number of ether oxygens (including phenoxy) is 1. The number of methoxy groups -OCH3 is 1. The van der Waals surface area contributed by atoms with Gasteiger partial charge in [-0.1, -0.05) is 35.3 Å². The zero-order valence-corrected chi connectivity index (χ0v) is 16.5. The number of halogens is 2. The summed E-state index contributed by atoms with van der Waals surface area (Å²) in [6.45, 7) is 0.429. The number of fused-ring (bicyclic) bond motifs is 1. The lowest BCUT2D eigenvalue weighted by molar-refractivity contribution is 0.0728. The van der Waals surface area contributed by atoms with Crippen LogP contribution in [-0.2, 0) is 6.54 Å². The van der Waals surface area contributed by atoms with Gasteiger partial charge >= 0.3 is 0 Å². The fraction of sp³-hybridized carbons (Fsp3) is 0.143. The fourth-order valence-electron chi connectivity index (χ4n) is 3.22. The SMILES string of the molecule is COc1ccc(CN2C(=O)c3cccnc3[C@@H]2Nc2ccc(Cl)c(Cl)c2)cc1. The molecule has 1 N–H and O–H groups in total. The van der Waals surface area contributed by atoms with E-state index in [1.807, 2.05) is 30.3 Å². The van der Waals surface area contributed by atoms with E-state index in [4.69, 9.17) is 27.9 Å². The second-order valence-corrected chi connectivity index (χ2v) is 7.21. The Balaban J connectivity index is 1.66. The molecule has 3 aromatic rings. The van der Waals surface area contributed by atoms with Crippen molar-refractivity contribution in [2.45, 2.75) is 12.7 Å². The van der Waals surface area contributed by atoms with Crippen molar-refractivity contribution in [2.75, 3.05) is 12.4 Å². The van der Waals surface area contributed by atoms with Gasteiger partial charge in [0.05, 0.1) is 28.4 Å². The molecule has 142 valence electrons. The lowest BCUT2D eigenvalue weighted by atomic mass is 10.2. The lowest BCUT2D eigenvalue weighted by Gasteiger charge is -2.26. The number of amides is 1. The van der Waals surface area contributed by atoms with Gasteiger partial charge in [-0.25, -0.2) is 0 Å². The molecule has 2 heterocycles. The quantitative estimate of drug-likeness (QED) is 0.627. The second kappa shape index (κ2) is 7.70. The summed E-state index contributed by atoms with van der Waals surface area (Å²) >= 11 is 12.2. The molecule has 1 amide bonds. The molecule has 1 aromatic heterocycles. The third-order valence-electron chi connectivity index (χ3n) is 4.64. The van der Waals surface area contributed by atoms with Crippen molar-refractivity contribution in [2.24, 2.45) is 0 Å². The number of carbonyl (C=O) groups is 1. The van der Waals surface area contributed by atoms with E-state index in [1.165, 1.54) is 0 Å². The van der Waals surface area contributed by atoms with E-state index in [9.17, 15) is 4.79 Å². The minimum atomic E-state index is -0.414. The van der Waals surface area contributed by atoms with E-state index in [-0.39, 0.29) is 5.91 Å². The largest absolute Gasteiger partial charge is 0.497 e. The fourth-order valence-corrected chi connectivity index (χ4v) is 3.51. The highest BCUT2D eigenvalue weighted by atomic mass is 35.5. The molecule has 2 aromatic carbocycles. The van der Waals surface area contributed by atoms with Crippen molar-refractivity contribution in [1.29, 1.82) is 0 Å². The minimum Gasteiger partial charge on any atom is -0.497 e. The van der Waals surface area contributed by atoms with Crippen molar-refractivity contribution in [3.05, 3.63) is 87.7 Å². The topological polar surface area (TPSA) is 54.5 Å². The first-order chi connectivity index (χ1) is 13.6. The van der Waals surface area contributed by atoms with Crippen molar-refractivity contribution >= 4 is 34.8 Å². The highest BCUT2D eigenvalue weighted by molar-refractivity contribution is 6.42. The van der Waals surface area contributed by atoms with Crippen LogP contribution in [0.15, 0.2) is 60.8 Å². The number of nitrogens with zero attached hydrogens (tertiary/aromatic N) is 2. The summed E-state index contributed by atoms with van der Waals surface area (Å²) in [5.41, 5.74) is 3.02. The van der Waals surface area contributed by atoms with Gasteiger partial charge in [-0.05, 0) is 48.0 Å². The summed E-state index contributed by atoms with van der Waals surface area (Å²) in [6, 6.07) is 16.5. The first kappa shape index (κ1) is 18.6. The maximum absolute atomic E-state index is 13.0. The summed E-state index contributed by atoms with van der Waals surface area (Å²) < 4.78 is 5.21. The van der Waals surface area contributed by atoms with Crippen LogP contribution in [0.25, 0.3) is 0 Å². The van der Waals surface area contributed by atoms with Crippen molar-refractivity contribution in [3.8, 4) is 5.75 Å². The van der Waals surface area contributed by atoms with E-state index in [0.29, 0.717) is 27.8 Å². The zero-order chi connectivity index (χ0) is 19.7. The molecule has 0 spiro atoms. The first-order valence-electron chi connectivity index (χ1n) is 8.67. The number of benzene rings is 2. The molecule has 0 radical (unpaired) electrons. The number of rotatable bonds is 5. The maximum atomic E-state index is 13.0. The molecular weight excluding hydrogens is 397 g/mol. The van der Waals surface area contributed by atoms with E-state index in [2.05, 4.69) is 10.3 Å². The molecule has 0 saturated heterocycles. The van der Waals surface area contributed by atoms with Gasteiger partial charge in [0.25, 0.3) is 5.91 Å². The van der Waals surface area contributed by atoms with Crippen LogP contribution in [0.4, 0.5) is 5.69 Å². The first-order valence-corrected chi connectivity index (χ1v) is 9.43. The predicted molar refractivity (Wildman–Crippen MR) is 110 cm³/mol. The summed E-state index contributed by atoms with van der Waals surface area (Å²) in [4.78, 5) is 19.2. The molecule has 7 heteroatoms. The number of hydrogen-bond donors (Lipinski definition) is 1. The summed E-state index contributed by atoms with van der Waals surface area (Å²) in [5, 5.41) is 4.28. The van der Waals surface area contributed by atoms with E-state index >= 15 is 0 Å². The zero-order valence-electron chi connectivity index (χ0n) is 15.0. The molecule has 1 aliphatic heterocycles. The molecule has 1 atom stereocenters. The molecule has 0 unspecified atom stereocenters. The minimum absolute atomic E-state index is 0.0727. The van der Waals surface area contributed by atoms with Gasteiger partial charge in [0, 0.05) is 18.4 Å². The Morgan fingerprint density at radius 2 is 1.89 bits per heavy atom. The number of nitrogens with one attached hydrogen (secondary N) is 1. The van der Waals surface area contributed by atoms with Crippen molar-refractivity contribution in [1.82, 2.24) is 9.88 Å². The Bertz CT molecular complexity index is 1020. The Labute approximate surface area is 172 Å². The van der Waals surface area contributed by atoms with Gasteiger partial charge in [-0.15, -0.1) is 0 Å². The Kier molecular flexibility index (Phi) is 5.11. The Hall–Kier alpha value is -2.76. The summed E-state index contributed by atoms with van der Waals surface area (Å²) in [7, 11) is 1.62. The van der Waals surface area contributed by atoms with Gasteiger partial charge in [-0.3, -0.25) is 9.78 Å². The average Bonchev–Trinajstić information content (AvgIpc) is 2.97. The normalized spacial score (nSPS) is 15.5. The highest BCUT2D eigenvalue weighted by Gasteiger charge is 2.37. The molecule has 0 fully saturated rings. The van der Waals surface area contributed by atoms with Gasteiger partial charge in [-0.2, -0.15) is 0 Å². The van der Waals surface area contributed by atoms with Gasteiger partial charge in [0.2, 0.25) is 0 Å². The molecular formula is C21H17Cl2N3O2. The Morgan fingerprint density at radius 1 is 1.11 bits per heavy atom. The van der Waals surface area contributed by atoms with Crippen LogP contribution in [0.3, 0.4) is 0 Å². The second-order valence-electron chi connectivity index (χ2n) is 6.39. The molecule has 5 nitrogen and oxygen atoms in total. The van der Waals surface area contributed by atoms with Crippen LogP contribution in [-0.4, -0.2) is 22.9 Å². The van der Waals surface area contributed by atoms with Crippen LogP contribution in [0.5, 0.6) is 5.75 Å². The number of anilines is 1. The van der Waals surface area contributed by atoms with Crippen molar-refractivity contribution < 1.29 is 9.53 Å². The number of aromatic nitrogens is 1. The van der Waals surface area contributed by atoms with Crippen LogP contribution >= 0.6 is 23.2 Å². The van der Waals surface area contributed by atoms with Gasteiger partial charge in [0.15, 0.2) is 0 Å². The Morgan fingerprint density at radius 3 is 2.61 bits per heavy atom. The van der Waals surface area contributed by atoms with Gasteiger partial charge in [0.1, 0.15) is 11.9 Å². The smallest absolute Gasteiger partial charge is 0.258 e. The third-order valence-corrected chi connectivity index (χ3v) is 5.37. The monoisotopic (exact) mass is 413 g/mol. The lowest BCUT2D eigenvalue weighted by Crippen LogP contribution is -2.32. The molecule has 0 saturated carbocycles. The average molecular weight is 414 g/mol. The van der Waals surface area contributed by atoms with Crippen LogP contribution in [0.1, 0.15) is 27.8 Å². The molecule has 4 rings (SSSR count). The number of pyridine rings is 1. The number of carbonyl (C=O) groups excluding carboxylic acids is 1.